The van der Waals surface area contributed by atoms with Gasteiger partial charge < -0.3 is 11.1 Å². The Kier molecular flexibility index (Phi) is 3.81. The average Bonchev–Trinajstić information content (AvgIpc) is 2.31. The molecule has 2 aromatic rings. The summed E-state index contributed by atoms with van der Waals surface area (Å²) in [6, 6.07) is 7.88. The minimum atomic E-state index is 0.260. The molecule has 0 aliphatic rings. The van der Waals surface area contributed by atoms with E-state index < -0.39 is 0 Å². The highest BCUT2D eigenvalue weighted by molar-refractivity contribution is 9.10. The molecule has 0 aliphatic carbocycles. The van der Waals surface area contributed by atoms with Gasteiger partial charge in [-0.05, 0) is 34.0 Å². The van der Waals surface area contributed by atoms with Gasteiger partial charge in [-0.1, -0.05) is 26.0 Å². The third kappa shape index (κ3) is 2.61. The number of nitrogens with two attached hydrogens (primary N) is 1. The normalized spacial score (nSPS) is 10.7. The van der Waals surface area contributed by atoms with Gasteiger partial charge in [-0.15, -0.1) is 0 Å². The Hall–Kier alpha value is -1.62. The van der Waals surface area contributed by atoms with Gasteiger partial charge in [0, 0.05) is 10.0 Å². The predicted octanol–water partition coefficient (Wildman–Crippen LogP) is 3.69. The maximum absolute atomic E-state index is 5.91. The van der Waals surface area contributed by atoms with E-state index in [1.807, 2.05) is 24.3 Å². The van der Waals surface area contributed by atoms with Crippen molar-refractivity contribution in [2.45, 2.75) is 19.8 Å². The van der Waals surface area contributed by atoms with Crippen molar-refractivity contribution in [2.24, 2.45) is 0 Å². The molecule has 0 fully saturated rings. The number of nitrogen functional groups attached to an aromatic ring is 1. The lowest BCUT2D eigenvalue weighted by Gasteiger charge is -2.15. The second-order valence-electron chi connectivity index (χ2n) is 4.28. The zero-order chi connectivity index (χ0) is 13.1. The van der Waals surface area contributed by atoms with Crippen molar-refractivity contribution in [3.8, 4) is 0 Å². The van der Waals surface area contributed by atoms with Crippen LogP contribution in [0.15, 0.2) is 35.1 Å². The van der Waals surface area contributed by atoms with Gasteiger partial charge in [0.2, 0.25) is 0 Å². The van der Waals surface area contributed by atoms with E-state index in [0.29, 0.717) is 5.82 Å². The quantitative estimate of drug-likeness (QED) is 0.908. The van der Waals surface area contributed by atoms with Gasteiger partial charge in [0.1, 0.15) is 18.0 Å². The number of nitrogens with zero attached hydrogens (tertiary/aromatic N) is 2. The molecule has 18 heavy (non-hydrogen) atoms. The highest BCUT2D eigenvalue weighted by atomic mass is 79.9. The van der Waals surface area contributed by atoms with Crippen molar-refractivity contribution in [3.63, 3.8) is 0 Å². The van der Waals surface area contributed by atoms with Crippen molar-refractivity contribution in [2.75, 3.05) is 11.1 Å². The number of hydrogen-bond acceptors (Lipinski definition) is 4. The molecule has 4 nitrogen and oxygen atoms in total. The van der Waals surface area contributed by atoms with Gasteiger partial charge >= 0.3 is 0 Å². The molecule has 0 saturated heterocycles. The van der Waals surface area contributed by atoms with E-state index in [-0.39, 0.29) is 5.92 Å². The number of halogens is 1. The molecule has 0 amide bonds. The fourth-order valence-corrected chi connectivity index (χ4v) is 2.15. The van der Waals surface area contributed by atoms with Crippen LogP contribution in [0, 0.1) is 0 Å². The largest absolute Gasteiger partial charge is 0.383 e. The minimum absolute atomic E-state index is 0.260. The molecule has 0 radical (unpaired) electrons. The maximum atomic E-state index is 5.91. The summed E-state index contributed by atoms with van der Waals surface area (Å²) in [5.41, 5.74) is 7.81. The van der Waals surface area contributed by atoms with E-state index in [0.717, 1.165) is 21.5 Å². The van der Waals surface area contributed by atoms with Crippen LogP contribution >= 0.6 is 15.9 Å². The van der Waals surface area contributed by atoms with Gasteiger partial charge in [-0.2, -0.15) is 0 Å². The topological polar surface area (TPSA) is 63.8 Å². The summed E-state index contributed by atoms with van der Waals surface area (Å²) in [5, 5.41) is 3.28. The lowest BCUT2D eigenvalue weighted by Crippen LogP contribution is -2.06. The highest BCUT2D eigenvalue weighted by Crippen LogP contribution is 2.31. The van der Waals surface area contributed by atoms with Crippen molar-refractivity contribution >= 4 is 33.3 Å². The van der Waals surface area contributed by atoms with E-state index in [1.54, 1.807) is 0 Å². The number of hydrogen-bond donors (Lipinski definition) is 2. The number of rotatable bonds is 3. The number of aromatic nitrogens is 2. The van der Waals surface area contributed by atoms with Gasteiger partial charge in [0.25, 0.3) is 0 Å². The molecule has 0 aliphatic heterocycles. The summed E-state index contributed by atoms with van der Waals surface area (Å²) >= 11 is 3.50. The summed E-state index contributed by atoms with van der Waals surface area (Å²) in [4.78, 5) is 8.31. The van der Waals surface area contributed by atoms with Crippen molar-refractivity contribution in [1.29, 1.82) is 0 Å². The molecular weight excluding hydrogens is 292 g/mol. The second kappa shape index (κ2) is 5.35. The molecule has 0 unspecified atom stereocenters. The zero-order valence-electron chi connectivity index (χ0n) is 10.3. The molecule has 0 spiro atoms. The van der Waals surface area contributed by atoms with Crippen LogP contribution in [0.4, 0.5) is 17.3 Å². The molecule has 0 bridgehead atoms. The molecule has 0 saturated carbocycles. The molecule has 3 N–H and O–H groups in total. The smallest absolute Gasteiger partial charge is 0.139 e. The van der Waals surface area contributed by atoms with Crippen molar-refractivity contribution in [3.05, 3.63) is 40.6 Å². The van der Waals surface area contributed by atoms with Crippen LogP contribution < -0.4 is 11.1 Å². The monoisotopic (exact) mass is 306 g/mol. The van der Waals surface area contributed by atoms with Crippen LogP contribution in [0.2, 0.25) is 0 Å². The first-order valence-electron chi connectivity index (χ1n) is 5.71. The number of para-hydroxylation sites is 1. The lowest BCUT2D eigenvalue weighted by atomic mass is 10.0. The third-order valence-corrected chi connectivity index (χ3v) is 3.31. The van der Waals surface area contributed by atoms with E-state index >= 15 is 0 Å². The van der Waals surface area contributed by atoms with Gasteiger partial charge in [0.05, 0.1) is 5.69 Å². The molecule has 94 valence electrons. The first-order chi connectivity index (χ1) is 8.59. The molecule has 1 aromatic heterocycles. The SMILES string of the molecule is CC(C)c1c(N)ncnc1Nc1ccccc1Br. The molecule has 0 atom stereocenters. The Morgan fingerprint density at radius 1 is 1.22 bits per heavy atom. The van der Waals surface area contributed by atoms with Crippen LogP contribution in [0.25, 0.3) is 0 Å². The van der Waals surface area contributed by atoms with Crippen LogP contribution in [-0.4, -0.2) is 9.97 Å². The minimum Gasteiger partial charge on any atom is -0.383 e. The second-order valence-corrected chi connectivity index (χ2v) is 5.14. The standard InChI is InChI=1S/C13H15BrN4/c1-8(2)11-12(15)16-7-17-13(11)18-10-6-4-3-5-9(10)14/h3-8H,1-2H3,(H3,15,16,17,18). The predicted molar refractivity (Wildman–Crippen MR) is 78.0 cm³/mol. The maximum Gasteiger partial charge on any atom is 0.139 e. The van der Waals surface area contributed by atoms with Gasteiger partial charge in [0.15, 0.2) is 0 Å². The first kappa shape index (κ1) is 12.8. The number of benzene rings is 1. The Bertz CT molecular complexity index is 554. The van der Waals surface area contributed by atoms with E-state index in [1.165, 1.54) is 6.33 Å². The fraction of sp³-hybridized carbons (Fsp3) is 0.231. The molecular formula is C13H15BrN4. The van der Waals surface area contributed by atoms with Gasteiger partial charge in [-0.25, -0.2) is 9.97 Å². The molecule has 1 aromatic carbocycles. The Morgan fingerprint density at radius 2 is 1.94 bits per heavy atom. The third-order valence-electron chi connectivity index (χ3n) is 2.62. The Morgan fingerprint density at radius 3 is 2.61 bits per heavy atom. The summed E-state index contributed by atoms with van der Waals surface area (Å²) in [6.07, 6.45) is 1.47. The summed E-state index contributed by atoms with van der Waals surface area (Å²) in [6.45, 7) is 4.14. The highest BCUT2D eigenvalue weighted by Gasteiger charge is 2.13. The number of anilines is 3. The van der Waals surface area contributed by atoms with Crippen LogP contribution in [0.3, 0.4) is 0 Å². The Balaban J connectivity index is 2.41. The molecule has 5 heteroatoms. The van der Waals surface area contributed by atoms with E-state index in [2.05, 4.69) is 45.1 Å². The van der Waals surface area contributed by atoms with Crippen LogP contribution in [0.5, 0.6) is 0 Å². The average molecular weight is 307 g/mol. The van der Waals surface area contributed by atoms with E-state index in [9.17, 15) is 0 Å². The summed E-state index contributed by atoms with van der Waals surface area (Å²) in [5.74, 6) is 1.54. The fourth-order valence-electron chi connectivity index (χ4n) is 1.77. The summed E-state index contributed by atoms with van der Waals surface area (Å²) < 4.78 is 0.983. The van der Waals surface area contributed by atoms with Crippen molar-refractivity contribution < 1.29 is 0 Å². The lowest BCUT2D eigenvalue weighted by molar-refractivity contribution is 0.855. The molecule has 1 heterocycles. The molecule has 2 rings (SSSR count). The van der Waals surface area contributed by atoms with Crippen LogP contribution in [0.1, 0.15) is 25.3 Å². The van der Waals surface area contributed by atoms with Gasteiger partial charge in [-0.3, -0.25) is 0 Å². The number of nitrogens with one attached hydrogen (secondary N) is 1. The zero-order valence-corrected chi connectivity index (χ0v) is 11.9. The summed E-state index contributed by atoms with van der Waals surface area (Å²) in [7, 11) is 0. The van der Waals surface area contributed by atoms with Crippen molar-refractivity contribution in [1.82, 2.24) is 9.97 Å². The van der Waals surface area contributed by atoms with Crippen LogP contribution in [-0.2, 0) is 0 Å². The first-order valence-corrected chi connectivity index (χ1v) is 6.50. The Labute approximate surface area is 115 Å². The van der Waals surface area contributed by atoms with E-state index in [4.69, 9.17) is 5.73 Å².